The van der Waals surface area contributed by atoms with Gasteiger partial charge in [-0.3, -0.25) is 10.1 Å². The second kappa shape index (κ2) is 10.1. The molecule has 0 radical (unpaired) electrons. The lowest BCUT2D eigenvalue weighted by atomic mass is 10.1. The Kier molecular flexibility index (Phi) is 8.88. The first-order valence-corrected chi connectivity index (χ1v) is 8.25. The van der Waals surface area contributed by atoms with Crippen LogP contribution in [0.25, 0.3) is 0 Å². The molecule has 1 fully saturated rings. The molecule has 0 aromatic rings. The van der Waals surface area contributed by atoms with Crippen LogP contribution in [0.5, 0.6) is 0 Å². The first-order chi connectivity index (χ1) is 10.1. The highest BCUT2D eigenvalue weighted by Gasteiger charge is 2.39. The van der Waals surface area contributed by atoms with Gasteiger partial charge in [0, 0.05) is 20.3 Å². The van der Waals surface area contributed by atoms with Crippen LogP contribution in [0.2, 0.25) is 0 Å². The van der Waals surface area contributed by atoms with Gasteiger partial charge in [-0.2, -0.15) is 0 Å². The third-order valence-corrected chi connectivity index (χ3v) is 3.89. The number of amides is 1. The second-order valence-electron chi connectivity index (χ2n) is 6.04. The number of nitrogens with zero attached hydrogens (tertiary/aromatic N) is 1. The van der Waals surface area contributed by atoms with E-state index in [4.69, 9.17) is 9.47 Å². The van der Waals surface area contributed by atoms with Gasteiger partial charge in [-0.1, -0.05) is 33.6 Å². The van der Waals surface area contributed by atoms with Gasteiger partial charge in [0.25, 0.3) is 0 Å². The summed E-state index contributed by atoms with van der Waals surface area (Å²) in [5, 5.41) is 3.50. The molecule has 21 heavy (non-hydrogen) atoms. The number of hydrogen-bond acceptors (Lipinski definition) is 4. The molecule has 1 rings (SSSR count). The molecular formula is C16H32N2O3. The van der Waals surface area contributed by atoms with Crippen molar-refractivity contribution in [1.82, 2.24) is 10.2 Å². The summed E-state index contributed by atoms with van der Waals surface area (Å²) >= 11 is 0. The smallest absolute Gasteiger partial charge is 0.241 e. The van der Waals surface area contributed by atoms with Crippen molar-refractivity contribution in [1.29, 1.82) is 0 Å². The third kappa shape index (κ3) is 5.93. The zero-order valence-electron chi connectivity index (χ0n) is 14.1. The zero-order valence-corrected chi connectivity index (χ0v) is 14.1. The number of rotatable bonds is 11. The number of carbonyl (C=O) groups excluding carboxylic acids is 1. The summed E-state index contributed by atoms with van der Waals surface area (Å²) in [5.74, 6) is 0.689. The van der Waals surface area contributed by atoms with Crippen molar-refractivity contribution in [2.75, 3.05) is 33.5 Å². The maximum Gasteiger partial charge on any atom is 0.241 e. The topological polar surface area (TPSA) is 50.8 Å². The Labute approximate surface area is 129 Å². The third-order valence-electron chi connectivity index (χ3n) is 3.89. The quantitative estimate of drug-likeness (QED) is 0.593. The van der Waals surface area contributed by atoms with E-state index in [9.17, 15) is 4.79 Å². The summed E-state index contributed by atoms with van der Waals surface area (Å²) in [5.41, 5.74) is 0. The maximum absolute atomic E-state index is 12.5. The molecule has 0 aromatic carbocycles. The highest BCUT2D eigenvalue weighted by atomic mass is 16.5. The highest BCUT2D eigenvalue weighted by Crippen LogP contribution is 2.20. The Balaban J connectivity index is 2.39. The Bertz CT molecular complexity index is 297. The minimum atomic E-state index is 0.00626. The molecule has 1 heterocycles. The summed E-state index contributed by atoms with van der Waals surface area (Å²) in [7, 11) is 1.67. The van der Waals surface area contributed by atoms with Crippen molar-refractivity contribution < 1.29 is 14.3 Å². The number of hydrogen-bond donors (Lipinski definition) is 1. The molecular weight excluding hydrogens is 268 g/mol. The summed E-state index contributed by atoms with van der Waals surface area (Å²) in [6, 6.07) is 0.00626. The van der Waals surface area contributed by atoms with E-state index >= 15 is 0 Å². The standard InChI is InChI=1S/C16H32N2O3/c1-5-6-8-14-16(19)18(15(17-14)13(2)3)9-7-10-21-12-11-20-4/h13-15,17H,5-12H2,1-4H3. The fourth-order valence-electron chi connectivity index (χ4n) is 2.70. The first kappa shape index (κ1) is 18.4. The van der Waals surface area contributed by atoms with Crippen LogP contribution in [0, 0.1) is 5.92 Å². The molecule has 5 heteroatoms. The van der Waals surface area contributed by atoms with E-state index in [1.54, 1.807) is 7.11 Å². The van der Waals surface area contributed by atoms with Crippen molar-refractivity contribution in [2.24, 2.45) is 5.92 Å². The van der Waals surface area contributed by atoms with Crippen LogP contribution >= 0.6 is 0 Å². The lowest BCUT2D eigenvalue weighted by molar-refractivity contribution is -0.130. The van der Waals surface area contributed by atoms with Crippen LogP contribution in [0.3, 0.4) is 0 Å². The minimum absolute atomic E-state index is 0.00626. The number of nitrogens with one attached hydrogen (secondary N) is 1. The number of unbranched alkanes of at least 4 members (excludes halogenated alkanes) is 1. The molecule has 1 N–H and O–H groups in total. The van der Waals surface area contributed by atoms with E-state index in [1.807, 2.05) is 4.90 Å². The average molecular weight is 300 g/mol. The monoisotopic (exact) mass is 300 g/mol. The lowest BCUT2D eigenvalue weighted by Gasteiger charge is -2.27. The van der Waals surface area contributed by atoms with Gasteiger partial charge >= 0.3 is 0 Å². The molecule has 2 unspecified atom stereocenters. The fraction of sp³-hybridized carbons (Fsp3) is 0.938. The van der Waals surface area contributed by atoms with Gasteiger partial charge in [0.15, 0.2) is 0 Å². The van der Waals surface area contributed by atoms with E-state index in [1.165, 1.54) is 0 Å². The Hall–Kier alpha value is -0.650. The molecule has 0 bridgehead atoms. The second-order valence-corrected chi connectivity index (χ2v) is 6.04. The summed E-state index contributed by atoms with van der Waals surface area (Å²) in [6.45, 7) is 9.17. The molecule has 0 spiro atoms. The van der Waals surface area contributed by atoms with Crippen molar-refractivity contribution in [3.8, 4) is 0 Å². The van der Waals surface area contributed by atoms with Gasteiger partial charge in [-0.15, -0.1) is 0 Å². The van der Waals surface area contributed by atoms with Crippen LogP contribution < -0.4 is 5.32 Å². The largest absolute Gasteiger partial charge is 0.382 e. The van der Waals surface area contributed by atoms with Gasteiger partial charge in [0.05, 0.1) is 25.4 Å². The summed E-state index contributed by atoms with van der Waals surface area (Å²) < 4.78 is 10.4. The van der Waals surface area contributed by atoms with Crippen LogP contribution in [-0.4, -0.2) is 56.5 Å². The number of carbonyl (C=O) groups is 1. The first-order valence-electron chi connectivity index (χ1n) is 8.25. The van der Waals surface area contributed by atoms with Gasteiger partial charge < -0.3 is 14.4 Å². The molecule has 0 aromatic heterocycles. The Morgan fingerprint density at radius 3 is 2.62 bits per heavy atom. The molecule has 1 saturated heterocycles. The average Bonchev–Trinajstić information content (AvgIpc) is 2.77. The summed E-state index contributed by atoms with van der Waals surface area (Å²) in [4.78, 5) is 14.5. The Morgan fingerprint density at radius 2 is 2.00 bits per heavy atom. The number of methoxy groups -OCH3 is 1. The van der Waals surface area contributed by atoms with E-state index in [0.29, 0.717) is 25.7 Å². The van der Waals surface area contributed by atoms with Crippen LogP contribution in [0.15, 0.2) is 0 Å². The van der Waals surface area contributed by atoms with Crippen LogP contribution in [0.1, 0.15) is 46.5 Å². The van der Waals surface area contributed by atoms with E-state index in [0.717, 1.165) is 32.2 Å². The molecule has 5 nitrogen and oxygen atoms in total. The van der Waals surface area contributed by atoms with Gasteiger partial charge in [-0.05, 0) is 18.8 Å². The molecule has 1 amide bonds. The molecule has 1 aliphatic heterocycles. The van der Waals surface area contributed by atoms with Crippen molar-refractivity contribution in [2.45, 2.75) is 58.7 Å². The summed E-state index contributed by atoms with van der Waals surface area (Å²) in [6.07, 6.45) is 4.21. The zero-order chi connectivity index (χ0) is 15.7. The van der Waals surface area contributed by atoms with Gasteiger partial charge in [0.1, 0.15) is 0 Å². The Morgan fingerprint density at radius 1 is 1.24 bits per heavy atom. The minimum Gasteiger partial charge on any atom is -0.382 e. The van der Waals surface area contributed by atoms with Crippen LogP contribution in [-0.2, 0) is 14.3 Å². The molecule has 0 saturated carbocycles. The maximum atomic E-state index is 12.5. The normalized spacial score (nSPS) is 22.5. The van der Waals surface area contributed by atoms with Crippen molar-refractivity contribution in [3.05, 3.63) is 0 Å². The van der Waals surface area contributed by atoms with E-state index < -0.39 is 0 Å². The van der Waals surface area contributed by atoms with Gasteiger partial charge in [-0.25, -0.2) is 0 Å². The van der Waals surface area contributed by atoms with Crippen molar-refractivity contribution in [3.63, 3.8) is 0 Å². The molecule has 2 atom stereocenters. The van der Waals surface area contributed by atoms with E-state index in [-0.39, 0.29) is 18.1 Å². The molecule has 124 valence electrons. The lowest BCUT2D eigenvalue weighted by Crippen LogP contribution is -2.42. The fourth-order valence-corrected chi connectivity index (χ4v) is 2.70. The van der Waals surface area contributed by atoms with Crippen LogP contribution in [0.4, 0.5) is 0 Å². The SMILES string of the molecule is CCCCC1NC(C(C)C)N(CCCOCCOC)C1=O. The van der Waals surface area contributed by atoms with Crippen molar-refractivity contribution >= 4 is 5.91 Å². The predicted molar refractivity (Wildman–Crippen MR) is 84.1 cm³/mol. The predicted octanol–water partition coefficient (Wildman–Crippen LogP) is 2.01. The molecule has 0 aliphatic carbocycles. The van der Waals surface area contributed by atoms with E-state index in [2.05, 4.69) is 26.1 Å². The highest BCUT2D eigenvalue weighted by molar-refractivity contribution is 5.84. The number of ether oxygens (including phenoxy) is 2. The van der Waals surface area contributed by atoms with Gasteiger partial charge in [0.2, 0.25) is 5.91 Å². The molecule has 1 aliphatic rings.